The van der Waals surface area contributed by atoms with Crippen LogP contribution >= 0.6 is 0 Å². The molecule has 1 aromatic heterocycles. The maximum Gasteiger partial charge on any atom is 0.411 e. The van der Waals surface area contributed by atoms with Gasteiger partial charge in [-0.05, 0) is 75.9 Å². The summed E-state index contributed by atoms with van der Waals surface area (Å²) in [5.74, 6) is 0.515. The maximum absolute atomic E-state index is 12.1. The SMILES string of the molecule is CCC=CCCOC(=O)Nc1ccc2occ(C3CCN(CCCCC)CC3)c2c1. The molecule has 0 bridgehead atoms. The summed E-state index contributed by atoms with van der Waals surface area (Å²) in [5.41, 5.74) is 2.88. The number of benzene rings is 1. The van der Waals surface area contributed by atoms with Gasteiger partial charge in [-0.2, -0.15) is 0 Å². The first kappa shape index (κ1) is 22.4. The van der Waals surface area contributed by atoms with Crippen LogP contribution in [0.4, 0.5) is 10.5 Å². The summed E-state index contributed by atoms with van der Waals surface area (Å²) in [6.07, 6.45) is 13.6. The number of hydrogen-bond donors (Lipinski definition) is 1. The first-order chi connectivity index (χ1) is 14.7. The molecule has 5 heteroatoms. The van der Waals surface area contributed by atoms with Gasteiger partial charge in [0.1, 0.15) is 5.58 Å². The van der Waals surface area contributed by atoms with Crippen molar-refractivity contribution in [2.24, 2.45) is 0 Å². The number of nitrogens with zero attached hydrogens (tertiary/aromatic N) is 1. The summed E-state index contributed by atoms with van der Waals surface area (Å²) in [6, 6.07) is 5.81. The number of likely N-dealkylation sites (tertiary alicyclic amines) is 1. The van der Waals surface area contributed by atoms with Crippen molar-refractivity contribution in [3.05, 3.63) is 42.2 Å². The zero-order valence-corrected chi connectivity index (χ0v) is 18.5. The third-order valence-electron chi connectivity index (χ3n) is 5.88. The van der Waals surface area contributed by atoms with Crippen LogP contribution in [-0.2, 0) is 4.74 Å². The zero-order valence-electron chi connectivity index (χ0n) is 18.5. The van der Waals surface area contributed by atoms with E-state index in [9.17, 15) is 4.79 Å². The highest BCUT2D eigenvalue weighted by Crippen LogP contribution is 2.35. The molecule has 1 aromatic carbocycles. The van der Waals surface area contributed by atoms with Gasteiger partial charge in [-0.1, -0.05) is 38.8 Å². The molecule has 1 saturated heterocycles. The fourth-order valence-corrected chi connectivity index (χ4v) is 4.15. The van der Waals surface area contributed by atoms with Gasteiger partial charge in [0, 0.05) is 16.6 Å². The average molecular weight is 413 g/mol. The van der Waals surface area contributed by atoms with Crippen molar-refractivity contribution in [2.75, 3.05) is 31.6 Å². The Kier molecular flexibility index (Phi) is 8.81. The lowest BCUT2D eigenvalue weighted by Gasteiger charge is -2.31. The first-order valence-electron chi connectivity index (χ1n) is 11.5. The van der Waals surface area contributed by atoms with Gasteiger partial charge < -0.3 is 14.1 Å². The Hall–Kier alpha value is -2.27. The van der Waals surface area contributed by atoms with E-state index in [1.165, 1.54) is 31.4 Å². The third-order valence-corrected chi connectivity index (χ3v) is 5.88. The van der Waals surface area contributed by atoms with E-state index < -0.39 is 6.09 Å². The van der Waals surface area contributed by atoms with Crippen molar-refractivity contribution in [2.45, 2.75) is 64.7 Å². The number of rotatable bonds is 10. The second-order valence-electron chi connectivity index (χ2n) is 8.15. The predicted octanol–water partition coefficient (Wildman–Crippen LogP) is 6.71. The number of furan rings is 1. The molecule has 1 fully saturated rings. The minimum Gasteiger partial charge on any atom is -0.464 e. The third kappa shape index (κ3) is 6.36. The van der Waals surface area contributed by atoms with Crippen LogP contribution in [0.2, 0.25) is 0 Å². The largest absolute Gasteiger partial charge is 0.464 e. The van der Waals surface area contributed by atoms with Crippen LogP contribution in [0.5, 0.6) is 0 Å². The Bertz CT molecular complexity index is 819. The van der Waals surface area contributed by atoms with Gasteiger partial charge >= 0.3 is 6.09 Å². The fraction of sp³-hybridized carbons (Fsp3) is 0.560. The molecule has 0 spiro atoms. The van der Waals surface area contributed by atoms with Crippen LogP contribution < -0.4 is 5.32 Å². The Morgan fingerprint density at radius 1 is 1.23 bits per heavy atom. The quantitative estimate of drug-likeness (QED) is 0.348. The monoisotopic (exact) mass is 412 g/mol. The smallest absolute Gasteiger partial charge is 0.411 e. The van der Waals surface area contributed by atoms with E-state index in [-0.39, 0.29) is 0 Å². The summed E-state index contributed by atoms with van der Waals surface area (Å²) in [4.78, 5) is 14.7. The number of piperidine rings is 1. The molecule has 0 unspecified atom stereocenters. The van der Waals surface area contributed by atoms with E-state index in [0.29, 0.717) is 12.5 Å². The van der Waals surface area contributed by atoms with E-state index in [2.05, 4.69) is 30.1 Å². The number of anilines is 1. The van der Waals surface area contributed by atoms with Crippen molar-refractivity contribution in [3.63, 3.8) is 0 Å². The van der Waals surface area contributed by atoms with Crippen molar-refractivity contribution in [1.29, 1.82) is 0 Å². The van der Waals surface area contributed by atoms with Crippen molar-refractivity contribution in [3.8, 4) is 0 Å². The maximum atomic E-state index is 12.1. The summed E-state index contributed by atoms with van der Waals surface area (Å²) >= 11 is 0. The average Bonchev–Trinajstić information content (AvgIpc) is 3.17. The number of carbonyl (C=O) groups is 1. The van der Waals surface area contributed by atoms with Crippen LogP contribution in [0.25, 0.3) is 11.0 Å². The van der Waals surface area contributed by atoms with Gasteiger partial charge in [0.2, 0.25) is 0 Å². The van der Waals surface area contributed by atoms with Gasteiger partial charge in [-0.25, -0.2) is 4.79 Å². The van der Waals surface area contributed by atoms with E-state index in [1.54, 1.807) is 0 Å². The molecular formula is C25H36N2O3. The van der Waals surface area contributed by atoms with Gasteiger partial charge in [0.15, 0.2) is 0 Å². The lowest BCUT2D eigenvalue weighted by molar-refractivity contribution is 0.163. The molecule has 2 aromatic rings. The van der Waals surface area contributed by atoms with Gasteiger partial charge in [-0.3, -0.25) is 5.32 Å². The minimum atomic E-state index is -0.412. The molecular weight excluding hydrogens is 376 g/mol. The Morgan fingerprint density at radius 2 is 2.07 bits per heavy atom. The lowest BCUT2D eigenvalue weighted by atomic mass is 9.89. The molecule has 1 amide bonds. The molecule has 0 atom stereocenters. The molecule has 3 rings (SSSR count). The van der Waals surface area contributed by atoms with Gasteiger partial charge in [-0.15, -0.1) is 0 Å². The number of amides is 1. The van der Waals surface area contributed by atoms with Crippen LogP contribution in [0, 0.1) is 0 Å². The molecule has 1 aliphatic rings. The summed E-state index contributed by atoms with van der Waals surface area (Å²) in [6.45, 7) is 8.25. The second kappa shape index (κ2) is 11.8. The van der Waals surface area contributed by atoms with E-state index in [1.807, 2.05) is 30.5 Å². The molecule has 164 valence electrons. The number of carbonyl (C=O) groups excluding carboxylic acids is 1. The van der Waals surface area contributed by atoms with Crippen molar-refractivity contribution >= 4 is 22.7 Å². The lowest BCUT2D eigenvalue weighted by Crippen LogP contribution is -2.33. The zero-order chi connectivity index (χ0) is 21.2. The molecule has 0 aliphatic carbocycles. The number of unbranched alkanes of at least 4 members (excludes halogenated alkanes) is 2. The van der Waals surface area contributed by atoms with Crippen LogP contribution in [0.15, 0.2) is 41.0 Å². The Labute approximate surface area is 180 Å². The Morgan fingerprint density at radius 3 is 2.83 bits per heavy atom. The summed E-state index contributed by atoms with van der Waals surface area (Å²) in [7, 11) is 0. The molecule has 0 saturated carbocycles. The van der Waals surface area contributed by atoms with E-state index in [4.69, 9.17) is 9.15 Å². The first-order valence-corrected chi connectivity index (χ1v) is 11.5. The van der Waals surface area contributed by atoms with Crippen LogP contribution in [0.1, 0.15) is 70.3 Å². The number of allylic oxidation sites excluding steroid dienone is 1. The summed E-state index contributed by atoms with van der Waals surface area (Å²) < 4.78 is 11.1. The molecule has 5 nitrogen and oxygen atoms in total. The Balaban J connectivity index is 1.56. The molecule has 2 heterocycles. The topological polar surface area (TPSA) is 54.7 Å². The van der Waals surface area contributed by atoms with Crippen LogP contribution in [0.3, 0.4) is 0 Å². The molecule has 30 heavy (non-hydrogen) atoms. The highest BCUT2D eigenvalue weighted by molar-refractivity contribution is 5.91. The van der Waals surface area contributed by atoms with E-state index >= 15 is 0 Å². The van der Waals surface area contributed by atoms with Crippen molar-refractivity contribution < 1.29 is 13.9 Å². The number of hydrogen-bond acceptors (Lipinski definition) is 4. The van der Waals surface area contributed by atoms with Gasteiger partial charge in [0.25, 0.3) is 0 Å². The molecule has 1 N–H and O–H groups in total. The second-order valence-corrected chi connectivity index (χ2v) is 8.15. The highest BCUT2D eigenvalue weighted by Gasteiger charge is 2.23. The van der Waals surface area contributed by atoms with Crippen LogP contribution in [-0.4, -0.2) is 37.2 Å². The fourth-order valence-electron chi connectivity index (χ4n) is 4.15. The normalized spacial score (nSPS) is 15.8. The standard InChI is InChI=1S/C25H36N2O3/c1-3-5-7-9-17-29-25(28)26-21-10-11-24-22(18-21)23(19-30-24)20-12-15-27(16-13-20)14-8-6-4-2/h5,7,10-11,18-20H,3-4,6,8-9,12-17H2,1-2H3,(H,26,28). The number of ether oxygens (including phenoxy) is 1. The molecule has 0 radical (unpaired) electrons. The summed E-state index contributed by atoms with van der Waals surface area (Å²) in [5, 5.41) is 3.95. The van der Waals surface area contributed by atoms with Crippen molar-refractivity contribution in [1.82, 2.24) is 4.90 Å². The predicted molar refractivity (Wildman–Crippen MR) is 123 cm³/mol. The number of fused-ring (bicyclic) bond motifs is 1. The number of nitrogens with one attached hydrogen (secondary N) is 1. The van der Waals surface area contributed by atoms with Gasteiger partial charge in [0.05, 0.1) is 12.9 Å². The minimum absolute atomic E-state index is 0.387. The van der Waals surface area contributed by atoms with E-state index in [0.717, 1.165) is 55.4 Å². The highest BCUT2D eigenvalue weighted by atomic mass is 16.5. The molecule has 1 aliphatic heterocycles.